The van der Waals surface area contributed by atoms with Crippen LogP contribution in [0.4, 0.5) is 0 Å². The van der Waals surface area contributed by atoms with Gasteiger partial charge in [-0.15, -0.1) is 0 Å². The molecule has 3 atom stereocenters. The van der Waals surface area contributed by atoms with Crippen molar-refractivity contribution in [2.75, 3.05) is 19.6 Å². The number of esters is 1. The summed E-state index contributed by atoms with van der Waals surface area (Å²) in [6.45, 7) is 7.16. The second kappa shape index (κ2) is 9.40. The lowest BCUT2D eigenvalue weighted by atomic mass is 9.74. The molecule has 3 aliphatic rings. The summed E-state index contributed by atoms with van der Waals surface area (Å²) >= 11 is 3.60. The van der Waals surface area contributed by atoms with Crippen molar-refractivity contribution < 1.29 is 19.4 Å². The molecular formula is C27H32BrNO4. The molecular weight excluding hydrogens is 482 g/mol. The van der Waals surface area contributed by atoms with Crippen molar-refractivity contribution in [3.05, 3.63) is 62.6 Å². The third-order valence-corrected chi connectivity index (χ3v) is 8.51. The van der Waals surface area contributed by atoms with Gasteiger partial charge in [0, 0.05) is 41.2 Å². The SMILES string of the molecule is Cc1cc(OCc2ccccc2Br)c(C)c2c1CCC1C(CN3CCC(O)CC3)C(=O)O[C@@H]21. The summed E-state index contributed by atoms with van der Waals surface area (Å²) in [5.74, 6) is 0.907. The van der Waals surface area contributed by atoms with E-state index in [9.17, 15) is 9.90 Å². The van der Waals surface area contributed by atoms with E-state index < -0.39 is 0 Å². The number of rotatable bonds is 5. The Kier molecular flexibility index (Phi) is 6.51. The van der Waals surface area contributed by atoms with Crippen LogP contribution in [0.3, 0.4) is 0 Å². The van der Waals surface area contributed by atoms with Crippen LogP contribution in [0.2, 0.25) is 0 Å². The van der Waals surface area contributed by atoms with Crippen LogP contribution in [-0.2, 0) is 22.6 Å². The van der Waals surface area contributed by atoms with E-state index in [1.165, 1.54) is 16.7 Å². The van der Waals surface area contributed by atoms with Crippen molar-refractivity contribution in [1.29, 1.82) is 0 Å². The average Bonchev–Trinajstić information content (AvgIpc) is 3.12. The van der Waals surface area contributed by atoms with Crippen molar-refractivity contribution in [1.82, 2.24) is 4.90 Å². The fourth-order valence-electron chi connectivity index (χ4n) is 5.81. The summed E-state index contributed by atoms with van der Waals surface area (Å²) in [6, 6.07) is 10.2. The molecule has 6 heteroatoms. The number of aryl methyl sites for hydroxylation is 1. The van der Waals surface area contributed by atoms with Gasteiger partial charge < -0.3 is 19.5 Å². The van der Waals surface area contributed by atoms with E-state index in [0.717, 1.165) is 66.7 Å². The molecule has 2 aromatic carbocycles. The Labute approximate surface area is 204 Å². The van der Waals surface area contributed by atoms with Gasteiger partial charge in [-0.25, -0.2) is 0 Å². The van der Waals surface area contributed by atoms with Crippen molar-refractivity contribution in [2.45, 2.75) is 58.3 Å². The maximum Gasteiger partial charge on any atom is 0.311 e. The summed E-state index contributed by atoms with van der Waals surface area (Å²) in [7, 11) is 0. The molecule has 1 aliphatic carbocycles. The van der Waals surface area contributed by atoms with Gasteiger partial charge in [-0.3, -0.25) is 4.79 Å². The summed E-state index contributed by atoms with van der Waals surface area (Å²) in [6.07, 6.45) is 3.13. The highest BCUT2D eigenvalue weighted by atomic mass is 79.9. The number of hydrogen-bond acceptors (Lipinski definition) is 5. The minimum Gasteiger partial charge on any atom is -0.489 e. The van der Waals surface area contributed by atoms with Gasteiger partial charge in [0.2, 0.25) is 0 Å². The first kappa shape index (κ1) is 22.9. The molecule has 2 heterocycles. The van der Waals surface area contributed by atoms with Crippen molar-refractivity contribution in [2.24, 2.45) is 11.8 Å². The first-order valence-electron chi connectivity index (χ1n) is 12.0. The zero-order chi connectivity index (χ0) is 23.1. The van der Waals surface area contributed by atoms with E-state index >= 15 is 0 Å². The minimum atomic E-state index is -0.202. The van der Waals surface area contributed by atoms with Crippen LogP contribution in [0.1, 0.15) is 53.2 Å². The number of aliphatic hydroxyl groups excluding tert-OH is 1. The van der Waals surface area contributed by atoms with Gasteiger partial charge >= 0.3 is 5.97 Å². The molecule has 0 spiro atoms. The van der Waals surface area contributed by atoms with Gasteiger partial charge in [0.15, 0.2) is 0 Å². The molecule has 0 amide bonds. The number of piperidine rings is 1. The van der Waals surface area contributed by atoms with Crippen LogP contribution < -0.4 is 4.74 Å². The highest BCUT2D eigenvalue weighted by molar-refractivity contribution is 9.10. The lowest BCUT2D eigenvalue weighted by Gasteiger charge is -2.34. The number of carbonyl (C=O) groups excluding carboxylic acids is 1. The number of ether oxygens (including phenoxy) is 2. The number of hydrogen-bond donors (Lipinski definition) is 1. The van der Waals surface area contributed by atoms with Crippen LogP contribution in [0.15, 0.2) is 34.8 Å². The first-order valence-corrected chi connectivity index (χ1v) is 12.8. The second-order valence-electron chi connectivity index (χ2n) is 9.79. The summed E-state index contributed by atoms with van der Waals surface area (Å²) in [4.78, 5) is 15.3. The molecule has 0 aromatic heterocycles. The molecule has 0 saturated carbocycles. The summed E-state index contributed by atoms with van der Waals surface area (Å²) < 4.78 is 13.4. The number of benzene rings is 2. The van der Waals surface area contributed by atoms with Gasteiger partial charge in [0.05, 0.1) is 12.0 Å². The van der Waals surface area contributed by atoms with Crippen LogP contribution in [0.5, 0.6) is 5.75 Å². The van der Waals surface area contributed by atoms with E-state index in [2.05, 4.69) is 46.8 Å². The molecule has 33 heavy (non-hydrogen) atoms. The van der Waals surface area contributed by atoms with Gasteiger partial charge in [0.25, 0.3) is 0 Å². The molecule has 2 aliphatic heterocycles. The molecule has 176 valence electrons. The number of likely N-dealkylation sites (tertiary alicyclic amines) is 1. The number of halogens is 1. The Morgan fingerprint density at radius 3 is 2.70 bits per heavy atom. The molecule has 2 aromatic rings. The smallest absolute Gasteiger partial charge is 0.311 e. The molecule has 2 fully saturated rings. The van der Waals surface area contributed by atoms with E-state index in [-0.39, 0.29) is 30.0 Å². The predicted molar refractivity (Wildman–Crippen MR) is 130 cm³/mol. The Morgan fingerprint density at radius 1 is 1.18 bits per heavy atom. The quantitative estimate of drug-likeness (QED) is 0.577. The molecule has 0 bridgehead atoms. The van der Waals surface area contributed by atoms with E-state index in [0.29, 0.717) is 6.61 Å². The largest absolute Gasteiger partial charge is 0.489 e. The van der Waals surface area contributed by atoms with Gasteiger partial charge in [-0.05, 0) is 68.4 Å². The topological polar surface area (TPSA) is 59.0 Å². The van der Waals surface area contributed by atoms with Crippen molar-refractivity contribution in [3.8, 4) is 5.75 Å². The lowest BCUT2D eigenvalue weighted by Crippen LogP contribution is -2.41. The van der Waals surface area contributed by atoms with Crippen LogP contribution in [0.25, 0.3) is 0 Å². The van der Waals surface area contributed by atoms with Gasteiger partial charge in [-0.1, -0.05) is 34.1 Å². The van der Waals surface area contributed by atoms with E-state index in [4.69, 9.17) is 9.47 Å². The number of carbonyl (C=O) groups is 1. The van der Waals surface area contributed by atoms with E-state index in [1.807, 2.05) is 18.2 Å². The second-order valence-corrected chi connectivity index (χ2v) is 10.6. The van der Waals surface area contributed by atoms with Crippen molar-refractivity contribution >= 4 is 21.9 Å². The molecule has 2 saturated heterocycles. The fourth-order valence-corrected chi connectivity index (χ4v) is 6.21. The fraction of sp³-hybridized carbons (Fsp3) is 0.519. The molecule has 5 rings (SSSR count). The normalized spacial score (nSPS) is 25.5. The van der Waals surface area contributed by atoms with Crippen molar-refractivity contribution in [3.63, 3.8) is 0 Å². The van der Waals surface area contributed by atoms with Gasteiger partial charge in [-0.2, -0.15) is 0 Å². The highest BCUT2D eigenvalue weighted by Gasteiger charge is 2.49. The van der Waals surface area contributed by atoms with Gasteiger partial charge in [0.1, 0.15) is 18.5 Å². The van der Waals surface area contributed by atoms with E-state index in [1.54, 1.807) is 0 Å². The Bertz CT molecular complexity index is 1050. The summed E-state index contributed by atoms with van der Waals surface area (Å²) in [5, 5.41) is 9.82. The number of fused-ring (bicyclic) bond motifs is 3. The standard InChI is InChI=1S/C27H32BrNO4/c1-16-13-24(32-15-18-5-3-4-6-23(18)28)17(2)25-20(16)7-8-21-22(27(31)33-26(21)25)14-29-11-9-19(30)10-12-29/h3-6,13,19,21-22,26,30H,7-12,14-15H2,1-2H3/t21?,22?,26-/m1/s1. The Morgan fingerprint density at radius 2 is 1.94 bits per heavy atom. The molecule has 1 N–H and O–H groups in total. The van der Waals surface area contributed by atoms with Crippen LogP contribution in [-0.4, -0.2) is 41.7 Å². The third-order valence-electron chi connectivity index (χ3n) is 7.74. The Hall–Kier alpha value is -1.89. The highest BCUT2D eigenvalue weighted by Crippen LogP contribution is 2.50. The first-order chi connectivity index (χ1) is 15.9. The lowest BCUT2D eigenvalue weighted by molar-refractivity contribution is -0.145. The average molecular weight is 514 g/mol. The zero-order valence-electron chi connectivity index (χ0n) is 19.4. The molecule has 0 radical (unpaired) electrons. The molecule has 2 unspecified atom stereocenters. The minimum absolute atomic E-state index is 0.0689. The number of aliphatic hydroxyl groups is 1. The molecule has 5 nitrogen and oxygen atoms in total. The summed E-state index contributed by atoms with van der Waals surface area (Å²) in [5.41, 5.74) is 5.88. The van der Waals surface area contributed by atoms with Crippen LogP contribution in [0, 0.1) is 25.7 Å². The maximum absolute atomic E-state index is 13.0. The van der Waals surface area contributed by atoms with Crippen LogP contribution >= 0.6 is 15.9 Å². The third kappa shape index (κ3) is 4.45. The Balaban J connectivity index is 1.38. The zero-order valence-corrected chi connectivity index (χ0v) is 20.9. The number of nitrogens with zero attached hydrogens (tertiary/aromatic N) is 1. The monoisotopic (exact) mass is 513 g/mol. The predicted octanol–water partition coefficient (Wildman–Crippen LogP) is 4.88. The maximum atomic E-state index is 13.0.